The zero-order chi connectivity index (χ0) is 18.5. The molecule has 0 aromatic heterocycles. The summed E-state index contributed by atoms with van der Waals surface area (Å²) in [6.07, 6.45) is 0.262. The smallest absolute Gasteiger partial charge is 0.0680 e. The summed E-state index contributed by atoms with van der Waals surface area (Å²) in [5.41, 5.74) is -0.354. The van der Waals surface area contributed by atoms with Gasteiger partial charge in [-0.05, 0) is 59.8 Å². The van der Waals surface area contributed by atoms with Gasteiger partial charge in [-0.1, -0.05) is 27.7 Å². The van der Waals surface area contributed by atoms with Gasteiger partial charge in [-0.2, -0.15) is 0 Å². The standard InChI is InChI=1S/C20H42O3/c1-12-22-20(10,11)18(6,7)16(4)14-23-19(8,9)17(5)13-21-15(2)3/h15-17H,12-14H2,1-11H3. The third-order valence-electron chi connectivity index (χ3n) is 5.86. The second-order valence-corrected chi connectivity index (χ2v) is 8.76. The highest BCUT2D eigenvalue weighted by Gasteiger charge is 2.42. The van der Waals surface area contributed by atoms with E-state index in [1.54, 1.807) is 0 Å². The van der Waals surface area contributed by atoms with Gasteiger partial charge in [0.15, 0.2) is 0 Å². The first-order valence-corrected chi connectivity index (χ1v) is 9.17. The van der Waals surface area contributed by atoms with E-state index in [2.05, 4.69) is 76.2 Å². The minimum absolute atomic E-state index is 0.0246. The summed E-state index contributed by atoms with van der Waals surface area (Å²) in [7, 11) is 0. The summed E-state index contributed by atoms with van der Waals surface area (Å²) < 4.78 is 18.0. The molecule has 2 atom stereocenters. The molecule has 0 aromatic rings. The second kappa shape index (κ2) is 8.82. The van der Waals surface area contributed by atoms with Crippen molar-refractivity contribution in [3.05, 3.63) is 0 Å². The van der Waals surface area contributed by atoms with Gasteiger partial charge >= 0.3 is 0 Å². The van der Waals surface area contributed by atoms with Crippen molar-refractivity contribution < 1.29 is 14.2 Å². The van der Waals surface area contributed by atoms with Crippen LogP contribution in [-0.4, -0.2) is 37.1 Å². The number of hydrogen-bond donors (Lipinski definition) is 0. The van der Waals surface area contributed by atoms with Crippen LogP contribution in [0.25, 0.3) is 0 Å². The average Bonchev–Trinajstić information content (AvgIpc) is 2.41. The Hall–Kier alpha value is -0.120. The van der Waals surface area contributed by atoms with Crippen molar-refractivity contribution >= 4 is 0 Å². The lowest BCUT2D eigenvalue weighted by atomic mass is 9.68. The zero-order valence-electron chi connectivity index (χ0n) is 17.6. The highest BCUT2D eigenvalue weighted by molar-refractivity contribution is 4.92. The maximum absolute atomic E-state index is 6.31. The van der Waals surface area contributed by atoms with Crippen LogP contribution >= 0.6 is 0 Å². The van der Waals surface area contributed by atoms with Gasteiger partial charge in [-0.15, -0.1) is 0 Å². The molecule has 0 heterocycles. The molecule has 23 heavy (non-hydrogen) atoms. The van der Waals surface area contributed by atoms with Crippen molar-refractivity contribution in [3.63, 3.8) is 0 Å². The molecule has 0 amide bonds. The lowest BCUT2D eigenvalue weighted by molar-refractivity contribution is -0.148. The molecule has 0 saturated carbocycles. The quantitative estimate of drug-likeness (QED) is 0.513. The van der Waals surface area contributed by atoms with Crippen molar-refractivity contribution in [2.24, 2.45) is 17.3 Å². The molecule has 0 aliphatic heterocycles. The van der Waals surface area contributed by atoms with E-state index in [9.17, 15) is 0 Å². The molecule has 0 rings (SSSR count). The molecule has 0 radical (unpaired) electrons. The molecular weight excluding hydrogens is 288 g/mol. The molecule has 0 aromatic carbocycles. The fraction of sp³-hybridized carbons (Fsp3) is 1.00. The van der Waals surface area contributed by atoms with E-state index in [4.69, 9.17) is 14.2 Å². The van der Waals surface area contributed by atoms with Gasteiger partial charge in [0.05, 0.1) is 30.5 Å². The Morgan fingerprint density at radius 2 is 1.26 bits per heavy atom. The maximum atomic E-state index is 6.31. The molecule has 2 unspecified atom stereocenters. The summed E-state index contributed by atoms with van der Waals surface area (Å²) in [6, 6.07) is 0. The van der Waals surface area contributed by atoms with Crippen LogP contribution in [0, 0.1) is 17.3 Å². The van der Waals surface area contributed by atoms with Crippen LogP contribution in [0.1, 0.15) is 76.2 Å². The van der Waals surface area contributed by atoms with Crippen molar-refractivity contribution in [3.8, 4) is 0 Å². The zero-order valence-corrected chi connectivity index (χ0v) is 17.6. The summed E-state index contributed by atoms with van der Waals surface area (Å²) in [5, 5.41) is 0. The number of rotatable bonds is 11. The van der Waals surface area contributed by atoms with Crippen LogP contribution in [0.4, 0.5) is 0 Å². The fourth-order valence-electron chi connectivity index (χ4n) is 2.37. The van der Waals surface area contributed by atoms with Gasteiger partial charge in [0.25, 0.3) is 0 Å². The summed E-state index contributed by atoms with van der Waals surface area (Å²) >= 11 is 0. The van der Waals surface area contributed by atoms with E-state index in [1.165, 1.54) is 0 Å². The minimum atomic E-state index is -0.199. The van der Waals surface area contributed by atoms with Gasteiger partial charge < -0.3 is 14.2 Å². The van der Waals surface area contributed by atoms with Crippen molar-refractivity contribution in [1.82, 2.24) is 0 Å². The van der Waals surface area contributed by atoms with Gasteiger partial charge in [0, 0.05) is 12.5 Å². The average molecular weight is 331 g/mol. The molecule has 0 aliphatic carbocycles. The van der Waals surface area contributed by atoms with Gasteiger partial charge in [-0.3, -0.25) is 0 Å². The number of ether oxygens (including phenoxy) is 3. The Morgan fingerprint density at radius 1 is 0.739 bits per heavy atom. The first-order valence-electron chi connectivity index (χ1n) is 9.17. The van der Waals surface area contributed by atoms with Crippen LogP contribution in [0.2, 0.25) is 0 Å². The van der Waals surface area contributed by atoms with E-state index >= 15 is 0 Å². The van der Waals surface area contributed by atoms with Gasteiger partial charge in [0.1, 0.15) is 0 Å². The van der Waals surface area contributed by atoms with Crippen molar-refractivity contribution in [2.45, 2.75) is 93.5 Å². The van der Waals surface area contributed by atoms with E-state index < -0.39 is 0 Å². The highest BCUT2D eigenvalue weighted by atomic mass is 16.5. The summed E-state index contributed by atoms with van der Waals surface area (Å²) in [5.74, 6) is 0.738. The Balaban J connectivity index is 4.69. The number of hydrogen-bond acceptors (Lipinski definition) is 3. The largest absolute Gasteiger partial charge is 0.378 e. The predicted octanol–water partition coefficient (Wildman–Crippen LogP) is 5.32. The first kappa shape index (κ1) is 22.9. The Morgan fingerprint density at radius 3 is 1.70 bits per heavy atom. The first-order chi connectivity index (χ1) is 10.3. The molecule has 3 heteroatoms. The third kappa shape index (κ3) is 6.72. The summed E-state index contributed by atoms with van der Waals surface area (Å²) in [4.78, 5) is 0. The monoisotopic (exact) mass is 330 g/mol. The lowest BCUT2D eigenvalue weighted by Crippen LogP contribution is -2.48. The minimum Gasteiger partial charge on any atom is -0.378 e. The van der Waals surface area contributed by atoms with Crippen LogP contribution in [0.3, 0.4) is 0 Å². The van der Waals surface area contributed by atoms with Crippen LogP contribution in [0.5, 0.6) is 0 Å². The Labute approximate surface area is 145 Å². The topological polar surface area (TPSA) is 27.7 Å². The fourth-order valence-corrected chi connectivity index (χ4v) is 2.37. The van der Waals surface area contributed by atoms with Crippen molar-refractivity contribution in [1.29, 1.82) is 0 Å². The van der Waals surface area contributed by atoms with Crippen LogP contribution < -0.4 is 0 Å². The SMILES string of the molecule is CCOC(C)(C)C(C)(C)C(C)COC(C)(C)C(C)COC(C)C. The van der Waals surface area contributed by atoms with E-state index in [1.807, 2.05) is 0 Å². The molecule has 0 spiro atoms. The Bertz CT molecular complexity index is 332. The second-order valence-electron chi connectivity index (χ2n) is 8.76. The molecule has 0 bridgehead atoms. The van der Waals surface area contributed by atoms with Crippen LogP contribution in [0.15, 0.2) is 0 Å². The third-order valence-corrected chi connectivity index (χ3v) is 5.86. The molecule has 0 aliphatic rings. The van der Waals surface area contributed by atoms with E-state index in [-0.39, 0.29) is 22.7 Å². The highest BCUT2D eigenvalue weighted by Crippen LogP contribution is 2.41. The van der Waals surface area contributed by atoms with E-state index in [0.717, 1.165) is 19.8 Å². The molecular formula is C20H42O3. The molecule has 0 N–H and O–H groups in total. The van der Waals surface area contributed by atoms with Crippen LogP contribution in [-0.2, 0) is 14.2 Å². The molecule has 0 saturated heterocycles. The predicted molar refractivity (Wildman–Crippen MR) is 98.9 cm³/mol. The molecule has 3 nitrogen and oxygen atoms in total. The summed E-state index contributed by atoms with van der Waals surface area (Å²) in [6.45, 7) is 26.1. The Kier molecular flexibility index (Phi) is 8.78. The van der Waals surface area contributed by atoms with Crippen molar-refractivity contribution in [2.75, 3.05) is 19.8 Å². The molecule has 0 fully saturated rings. The van der Waals surface area contributed by atoms with Gasteiger partial charge in [0.2, 0.25) is 0 Å². The normalized spacial score (nSPS) is 16.7. The molecule has 140 valence electrons. The van der Waals surface area contributed by atoms with Gasteiger partial charge in [-0.25, -0.2) is 0 Å². The lowest BCUT2D eigenvalue weighted by Gasteiger charge is -2.46. The maximum Gasteiger partial charge on any atom is 0.0680 e. The van der Waals surface area contributed by atoms with E-state index in [0.29, 0.717) is 11.8 Å².